The molecule has 0 saturated carbocycles. The third-order valence-electron chi connectivity index (χ3n) is 2.88. The molecule has 2 aromatic heterocycles. The van der Waals surface area contributed by atoms with Gasteiger partial charge in [0.1, 0.15) is 0 Å². The van der Waals surface area contributed by atoms with Gasteiger partial charge in [0, 0.05) is 29.7 Å². The fraction of sp³-hybridized carbons (Fsp3) is 0.357. The normalized spacial score (nSPS) is 12.6. The van der Waals surface area contributed by atoms with Crippen molar-refractivity contribution >= 4 is 11.3 Å². The van der Waals surface area contributed by atoms with Crippen molar-refractivity contribution in [2.75, 3.05) is 6.54 Å². The van der Waals surface area contributed by atoms with Gasteiger partial charge in [-0.25, -0.2) is 0 Å². The number of rotatable bonds is 5. The molecular weight excluding hydrogens is 228 g/mol. The molecule has 0 aliphatic heterocycles. The van der Waals surface area contributed by atoms with E-state index in [1.807, 2.05) is 23.7 Å². The molecule has 2 nitrogen and oxygen atoms in total. The summed E-state index contributed by atoms with van der Waals surface area (Å²) in [6.45, 7) is 5.26. The monoisotopic (exact) mass is 246 g/mol. The number of hydrogen-bond donors (Lipinski definition) is 1. The maximum absolute atomic E-state index is 4.16. The highest BCUT2D eigenvalue weighted by atomic mass is 32.1. The van der Waals surface area contributed by atoms with Crippen LogP contribution in [-0.2, 0) is 6.42 Å². The van der Waals surface area contributed by atoms with Crippen molar-refractivity contribution in [1.82, 2.24) is 10.3 Å². The topological polar surface area (TPSA) is 24.9 Å². The van der Waals surface area contributed by atoms with Gasteiger partial charge in [-0.15, -0.1) is 11.3 Å². The second-order valence-electron chi connectivity index (χ2n) is 4.13. The minimum absolute atomic E-state index is 0.390. The van der Waals surface area contributed by atoms with Gasteiger partial charge in [-0.2, -0.15) is 0 Å². The lowest BCUT2D eigenvalue weighted by molar-refractivity contribution is 0.550. The van der Waals surface area contributed by atoms with Crippen molar-refractivity contribution in [3.63, 3.8) is 0 Å². The van der Waals surface area contributed by atoms with Crippen LogP contribution in [-0.4, -0.2) is 11.5 Å². The number of nitrogens with one attached hydrogen (secondary N) is 1. The number of aromatic nitrogens is 1. The van der Waals surface area contributed by atoms with E-state index in [0.29, 0.717) is 6.04 Å². The van der Waals surface area contributed by atoms with Crippen LogP contribution >= 0.6 is 11.3 Å². The number of nitrogens with zero attached hydrogens (tertiary/aromatic N) is 1. The molecule has 0 amide bonds. The molecule has 1 unspecified atom stereocenters. The largest absolute Gasteiger partial charge is 0.310 e. The van der Waals surface area contributed by atoms with Gasteiger partial charge in [-0.05, 0) is 42.1 Å². The summed E-state index contributed by atoms with van der Waals surface area (Å²) < 4.78 is 0. The highest BCUT2D eigenvalue weighted by Crippen LogP contribution is 2.23. The van der Waals surface area contributed by atoms with E-state index in [1.54, 1.807) is 0 Å². The third-order valence-corrected chi connectivity index (χ3v) is 3.77. The standard InChI is InChI=1S/C14H18N2S/c1-3-16-14(9-12-5-4-8-17-12)13-6-7-15-10-11(13)2/h4-8,10,14,16H,3,9H2,1-2H3. The molecule has 3 heteroatoms. The minimum atomic E-state index is 0.390. The van der Waals surface area contributed by atoms with Crippen molar-refractivity contribution in [2.45, 2.75) is 26.3 Å². The molecule has 0 aliphatic rings. The first-order chi connectivity index (χ1) is 8.31. The number of hydrogen-bond acceptors (Lipinski definition) is 3. The van der Waals surface area contributed by atoms with Crippen molar-refractivity contribution in [2.24, 2.45) is 0 Å². The first kappa shape index (κ1) is 12.3. The summed E-state index contributed by atoms with van der Waals surface area (Å²) in [5, 5.41) is 5.69. The zero-order valence-corrected chi connectivity index (χ0v) is 11.1. The molecule has 0 aliphatic carbocycles. The van der Waals surface area contributed by atoms with E-state index in [-0.39, 0.29) is 0 Å². The van der Waals surface area contributed by atoms with Crippen LogP contribution in [0.3, 0.4) is 0 Å². The Bertz CT molecular complexity index is 451. The molecule has 0 saturated heterocycles. The van der Waals surface area contributed by atoms with Crippen LogP contribution in [0.4, 0.5) is 0 Å². The highest BCUT2D eigenvalue weighted by molar-refractivity contribution is 7.09. The molecule has 0 bridgehead atoms. The molecule has 2 aromatic rings. The van der Waals surface area contributed by atoms with Crippen molar-refractivity contribution in [3.8, 4) is 0 Å². The Hall–Kier alpha value is -1.19. The van der Waals surface area contributed by atoms with E-state index in [2.05, 4.69) is 47.7 Å². The van der Waals surface area contributed by atoms with Gasteiger partial charge in [-0.3, -0.25) is 4.98 Å². The highest BCUT2D eigenvalue weighted by Gasteiger charge is 2.13. The maximum atomic E-state index is 4.16. The Morgan fingerprint density at radius 3 is 2.94 bits per heavy atom. The van der Waals surface area contributed by atoms with Crippen LogP contribution in [0.1, 0.15) is 29.0 Å². The Labute approximate surface area is 107 Å². The van der Waals surface area contributed by atoms with E-state index in [4.69, 9.17) is 0 Å². The first-order valence-corrected chi connectivity index (χ1v) is 6.85. The number of aryl methyl sites for hydroxylation is 1. The quantitative estimate of drug-likeness (QED) is 0.875. The fourth-order valence-corrected chi connectivity index (χ4v) is 2.80. The van der Waals surface area contributed by atoms with Crippen LogP contribution in [0.15, 0.2) is 36.0 Å². The lowest BCUT2D eigenvalue weighted by Crippen LogP contribution is -2.23. The summed E-state index contributed by atoms with van der Waals surface area (Å²) >= 11 is 1.82. The average Bonchev–Trinajstić information content (AvgIpc) is 2.82. The van der Waals surface area contributed by atoms with Crippen LogP contribution in [0.25, 0.3) is 0 Å². The van der Waals surface area contributed by atoms with Crippen molar-refractivity contribution < 1.29 is 0 Å². The lowest BCUT2D eigenvalue weighted by atomic mass is 10.00. The van der Waals surface area contributed by atoms with Crippen LogP contribution in [0.2, 0.25) is 0 Å². The number of likely N-dealkylation sites (N-methyl/N-ethyl adjacent to an activating group) is 1. The molecular formula is C14H18N2S. The predicted octanol–water partition coefficient (Wildman–Crippen LogP) is 3.34. The predicted molar refractivity (Wildman–Crippen MR) is 73.4 cm³/mol. The molecule has 17 heavy (non-hydrogen) atoms. The molecule has 0 fully saturated rings. The van der Waals surface area contributed by atoms with Crippen LogP contribution < -0.4 is 5.32 Å². The van der Waals surface area contributed by atoms with Gasteiger partial charge in [0.05, 0.1) is 0 Å². The van der Waals surface area contributed by atoms with Crippen LogP contribution in [0, 0.1) is 6.92 Å². The molecule has 1 atom stereocenters. The van der Waals surface area contributed by atoms with Gasteiger partial charge in [-0.1, -0.05) is 13.0 Å². The van der Waals surface area contributed by atoms with Gasteiger partial charge in [0.2, 0.25) is 0 Å². The number of pyridine rings is 1. The Balaban J connectivity index is 2.20. The molecule has 0 aromatic carbocycles. The summed E-state index contributed by atoms with van der Waals surface area (Å²) in [5.74, 6) is 0. The summed E-state index contributed by atoms with van der Waals surface area (Å²) in [4.78, 5) is 5.58. The molecule has 90 valence electrons. The smallest absolute Gasteiger partial charge is 0.0372 e. The molecule has 2 rings (SSSR count). The fourth-order valence-electron chi connectivity index (χ4n) is 2.04. The Kier molecular flexibility index (Phi) is 4.29. The second kappa shape index (κ2) is 5.94. The van der Waals surface area contributed by atoms with Crippen LogP contribution in [0.5, 0.6) is 0 Å². The van der Waals surface area contributed by atoms with Crippen molar-refractivity contribution in [3.05, 3.63) is 52.0 Å². The Morgan fingerprint density at radius 2 is 2.29 bits per heavy atom. The van der Waals surface area contributed by atoms with E-state index in [0.717, 1.165) is 13.0 Å². The Morgan fingerprint density at radius 1 is 1.41 bits per heavy atom. The zero-order valence-electron chi connectivity index (χ0n) is 10.3. The lowest BCUT2D eigenvalue weighted by Gasteiger charge is -2.19. The second-order valence-corrected chi connectivity index (χ2v) is 5.16. The average molecular weight is 246 g/mol. The SMILES string of the molecule is CCNC(Cc1cccs1)c1ccncc1C. The van der Waals surface area contributed by atoms with E-state index >= 15 is 0 Å². The van der Waals surface area contributed by atoms with Crippen molar-refractivity contribution in [1.29, 1.82) is 0 Å². The summed E-state index contributed by atoms with van der Waals surface area (Å²) in [7, 11) is 0. The number of thiophene rings is 1. The van der Waals surface area contributed by atoms with Gasteiger partial charge in [0.25, 0.3) is 0 Å². The van der Waals surface area contributed by atoms with E-state index < -0.39 is 0 Å². The molecule has 1 N–H and O–H groups in total. The minimum Gasteiger partial charge on any atom is -0.310 e. The van der Waals surface area contributed by atoms with Gasteiger partial charge >= 0.3 is 0 Å². The first-order valence-electron chi connectivity index (χ1n) is 5.97. The third kappa shape index (κ3) is 3.14. The molecule has 0 radical (unpaired) electrons. The molecule has 0 spiro atoms. The maximum Gasteiger partial charge on any atom is 0.0372 e. The van der Waals surface area contributed by atoms with Gasteiger partial charge < -0.3 is 5.32 Å². The summed E-state index contributed by atoms with van der Waals surface area (Å²) in [5.41, 5.74) is 2.62. The molecule has 2 heterocycles. The van der Waals surface area contributed by atoms with E-state index in [9.17, 15) is 0 Å². The van der Waals surface area contributed by atoms with Gasteiger partial charge in [0.15, 0.2) is 0 Å². The summed E-state index contributed by atoms with van der Waals surface area (Å²) in [6, 6.07) is 6.83. The summed E-state index contributed by atoms with van der Waals surface area (Å²) in [6.07, 6.45) is 4.87. The zero-order chi connectivity index (χ0) is 12.1. The van der Waals surface area contributed by atoms with E-state index in [1.165, 1.54) is 16.0 Å².